The normalized spacial score (nSPS) is 24.0. The van der Waals surface area contributed by atoms with Crippen molar-refractivity contribution in [1.29, 1.82) is 0 Å². The molecule has 15 heavy (non-hydrogen) atoms. The molecule has 0 aromatic rings. The summed E-state index contributed by atoms with van der Waals surface area (Å²) in [6.07, 6.45) is 8.19. The van der Waals surface area contributed by atoms with Gasteiger partial charge in [0.05, 0.1) is 13.2 Å². The number of ether oxygens (including phenoxy) is 1. The molecule has 1 fully saturated rings. The molecular weight excluding hydrogens is 188 g/mol. The molecule has 0 spiro atoms. The molecule has 0 aromatic carbocycles. The summed E-state index contributed by atoms with van der Waals surface area (Å²) in [6.45, 7) is 6.01. The molecule has 0 unspecified atom stereocenters. The highest BCUT2D eigenvalue weighted by Crippen LogP contribution is 2.04. The van der Waals surface area contributed by atoms with E-state index in [-0.39, 0.29) is 0 Å². The zero-order chi connectivity index (χ0) is 10.6. The van der Waals surface area contributed by atoms with Crippen LogP contribution in [0.2, 0.25) is 0 Å². The summed E-state index contributed by atoms with van der Waals surface area (Å²) < 4.78 is 5.48. The lowest BCUT2D eigenvalue weighted by molar-refractivity contribution is 0.138. The Morgan fingerprint density at radius 2 is 1.00 bits per heavy atom. The quantitative estimate of drug-likeness (QED) is 0.642. The standard InChI is InChI=1S/C12H26N2O/c1-2-4-6-8-14-10-12-15-11-9-13-7-5-3-1/h13-14H,1-12H2. The Kier molecular flexibility index (Phi) is 8.98. The summed E-state index contributed by atoms with van der Waals surface area (Å²) in [6, 6.07) is 0. The third kappa shape index (κ3) is 8.85. The van der Waals surface area contributed by atoms with Crippen LogP contribution < -0.4 is 10.6 Å². The summed E-state index contributed by atoms with van der Waals surface area (Å²) in [5.41, 5.74) is 0. The van der Waals surface area contributed by atoms with Crippen molar-refractivity contribution in [2.75, 3.05) is 39.4 Å². The molecule has 0 atom stereocenters. The topological polar surface area (TPSA) is 33.3 Å². The Balaban J connectivity index is 2.01. The SMILES string of the molecule is C1CCCCNCCOCCNCCC1. The maximum atomic E-state index is 5.48. The van der Waals surface area contributed by atoms with Gasteiger partial charge in [0, 0.05) is 13.1 Å². The highest BCUT2D eigenvalue weighted by Gasteiger charge is 1.94. The van der Waals surface area contributed by atoms with Gasteiger partial charge in [-0.1, -0.05) is 25.7 Å². The van der Waals surface area contributed by atoms with E-state index in [2.05, 4.69) is 10.6 Å². The molecule has 1 aliphatic rings. The largest absolute Gasteiger partial charge is 0.379 e. The molecule has 1 saturated heterocycles. The third-order valence-corrected chi connectivity index (χ3v) is 2.80. The van der Waals surface area contributed by atoms with Crippen molar-refractivity contribution in [2.24, 2.45) is 0 Å². The van der Waals surface area contributed by atoms with Crippen molar-refractivity contribution in [3.05, 3.63) is 0 Å². The van der Waals surface area contributed by atoms with Crippen molar-refractivity contribution in [3.63, 3.8) is 0 Å². The molecule has 3 nitrogen and oxygen atoms in total. The Labute approximate surface area is 94.0 Å². The van der Waals surface area contributed by atoms with Crippen LogP contribution in [0.4, 0.5) is 0 Å². The predicted molar refractivity (Wildman–Crippen MR) is 64.3 cm³/mol. The number of hydrogen-bond donors (Lipinski definition) is 2. The number of nitrogens with one attached hydrogen (secondary N) is 2. The average molecular weight is 214 g/mol. The number of hydrogen-bond acceptors (Lipinski definition) is 3. The molecule has 1 rings (SSSR count). The highest BCUT2D eigenvalue weighted by molar-refractivity contribution is 4.53. The molecule has 0 amide bonds. The van der Waals surface area contributed by atoms with Crippen LogP contribution in [0.25, 0.3) is 0 Å². The smallest absolute Gasteiger partial charge is 0.0591 e. The van der Waals surface area contributed by atoms with Crippen LogP contribution in [0, 0.1) is 0 Å². The minimum atomic E-state index is 0.849. The van der Waals surface area contributed by atoms with Gasteiger partial charge in [0.25, 0.3) is 0 Å². The van der Waals surface area contributed by atoms with Gasteiger partial charge in [-0.2, -0.15) is 0 Å². The predicted octanol–water partition coefficient (Wildman–Crippen LogP) is 1.54. The van der Waals surface area contributed by atoms with Gasteiger partial charge in [-0.15, -0.1) is 0 Å². The molecule has 1 aliphatic heterocycles. The van der Waals surface area contributed by atoms with Crippen molar-refractivity contribution in [3.8, 4) is 0 Å². The van der Waals surface area contributed by atoms with Crippen LogP contribution in [-0.2, 0) is 4.74 Å². The highest BCUT2D eigenvalue weighted by atomic mass is 16.5. The van der Waals surface area contributed by atoms with Crippen molar-refractivity contribution in [1.82, 2.24) is 10.6 Å². The van der Waals surface area contributed by atoms with Crippen LogP contribution in [0.3, 0.4) is 0 Å². The van der Waals surface area contributed by atoms with E-state index in [1.807, 2.05) is 0 Å². The first-order chi connectivity index (χ1) is 7.50. The number of rotatable bonds is 0. The summed E-state index contributed by atoms with van der Waals surface area (Å²) in [5, 5.41) is 6.82. The summed E-state index contributed by atoms with van der Waals surface area (Å²) in [5.74, 6) is 0. The lowest BCUT2D eigenvalue weighted by Crippen LogP contribution is -2.24. The van der Waals surface area contributed by atoms with Gasteiger partial charge in [-0.25, -0.2) is 0 Å². The molecule has 0 bridgehead atoms. The summed E-state index contributed by atoms with van der Waals surface area (Å²) in [7, 11) is 0. The fourth-order valence-corrected chi connectivity index (χ4v) is 1.85. The van der Waals surface area contributed by atoms with Gasteiger partial charge in [-0.05, 0) is 25.9 Å². The fourth-order valence-electron chi connectivity index (χ4n) is 1.85. The lowest BCUT2D eigenvalue weighted by atomic mass is 10.1. The third-order valence-electron chi connectivity index (χ3n) is 2.80. The van der Waals surface area contributed by atoms with Gasteiger partial charge in [0.15, 0.2) is 0 Å². The van der Waals surface area contributed by atoms with Crippen molar-refractivity contribution in [2.45, 2.75) is 38.5 Å². The molecule has 2 N–H and O–H groups in total. The van der Waals surface area contributed by atoms with Crippen LogP contribution in [-0.4, -0.2) is 39.4 Å². The Bertz CT molecular complexity index is 72.2. The molecule has 0 saturated carbocycles. The maximum absolute atomic E-state index is 5.48. The minimum Gasteiger partial charge on any atom is -0.379 e. The Morgan fingerprint density at radius 1 is 0.533 bits per heavy atom. The van der Waals surface area contributed by atoms with Gasteiger partial charge in [0.2, 0.25) is 0 Å². The second-order valence-corrected chi connectivity index (χ2v) is 4.23. The van der Waals surface area contributed by atoms with E-state index in [1.165, 1.54) is 38.5 Å². The van der Waals surface area contributed by atoms with Gasteiger partial charge in [-0.3, -0.25) is 0 Å². The second kappa shape index (κ2) is 10.4. The lowest BCUT2D eigenvalue weighted by Gasteiger charge is -2.06. The van der Waals surface area contributed by atoms with Gasteiger partial charge < -0.3 is 15.4 Å². The Hall–Kier alpha value is -0.120. The monoisotopic (exact) mass is 214 g/mol. The van der Waals surface area contributed by atoms with E-state index in [4.69, 9.17) is 4.74 Å². The molecule has 1 heterocycles. The van der Waals surface area contributed by atoms with Gasteiger partial charge in [0.1, 0.15) is 0 Å². The van der Waals surface area contributed by atoms with E-state index in [0.717, 1.165) is 39.4 Å². The minimum absolute atomic E-state index is 0.849. The first-order valence-corrected chi connectivity index (χ1v) is 6.49. The molecular formula is C12H26N2O. The molecule has 0 radical (unpaired) electrons. The molecule has 0 aromatic heterocycles. The second-order valence-electron chi connectivity index (χ2n) is 4.23. The fraction of sp³-hybridized carbons (Fsp3) is 1.00. The molecule has 0 aliphatic carbocycles. The van der Waals surface area contributed by atoms with E-state index >= 15 is 0 Å². The van der Waals surface area contributed by atoms with Crippen LogP contribution in [0.15, 0.2) is 0 Å². The van der Waals surface area contributed by atoms with E-state index in [9.17, 15) is 0 Å². The summed E-state index contributed by atoms with van der Waals surface area (Å²) >= 11 is 0. The zero-order valence-electron chi connectivity index (χ0n) is 9.89. The summed E-state index contributed by atoms with van der Waals surface area (Å²) in [4.78, 5) is 0. The van der Waals surface area contributed by atoms with Crippen LogP contribution in [0.5, 0.6) is 0 Å². The average Bonchev–Trinajstić information content (AvgIpc) is 2.27. The van der Waals surface area contributed by atoms with Crippen molar-refractivity contribution < 1.29 is 4.74 Å². The van der Waals surface area contributed by atoms with Crippen LogP contribution >= 0.6 is 0 Å². The van der Waals surface area contributed by atoms with Crippen LogP contribution in [0.1, 0.15) is 38.5 Å². The van der Waals surface area contributed by atoms with E-state index in [0.29, 0.717) is 0 Å². The first kappa shape index (κ1) is 12.9. The van der Waals surface area contributed by atoms with Gasteiger partial charge >= 0.3 is 0 Å². The Morgan fingerprint density at radius 3 is 1.53 bits per heavy atom. The molecule has 90 valence electrons. The zero-order valence-corrected chi connectivity index (χ0v) is 9.89. The maximum Gasteiger partial charge on any atom is 0.0591 e. The van der Waals surface area contributed by atoms with E-state index in [1.54, 1.807) is 0 Å². The first-order valence-electron chi connectivity index (χ1n) is 6.49. The van der Waals surface area contributed by atoms with Crippen molar-refractivity contribution >= 4 is 0 Å². The van der Waals surface area contributed by atoms with E-state index < -0.39 is 0 Å². The molecule has 3 heteroatoms.